The average molecular weight is 320 g/mol. The lowest BCUT2D eigenvalue weighted by Gasteiger charge is -2.14. The summed E-state index contributed by atoms with van der Waals surface area (Å²) < 4.78 is 0. The van der Waals surface area contributed by atoms with Crippen molar-refractivity contribution in [3.63, 3.8) is 0 Å². The van der Waals surface area contributed by atoms with Gasteiger partial charge in [0.15, 0.2) is 0 Å². The van der Waals surface area contributed by atoms with Gasteiger partial charge in [0.1, 0.15) is 11.6 Å². The number of anilines is 1. The van der Waals surface area contributed by atoms with Crippen LogP contribution in [-0.2, 0) is 6.54 Å². The van der Waals surface area contributed by atoms with Crippen LogP contribution < -0.4 is 5.32 Å². The fraction of sp³-hybridized carbons (Fsp3) is 0.350. The van der Waals surface area contributed by atoms with Crippen LogP contribution >= 0.6 is 0 Å². The standard InChI is InChI=1S/C20H24N4/c1-13(2)17-11-19(24-20(23-17)14(3)4)22-12-18-16-8-6-5-7-15(16)9-10-21-18/h5-11,13-14H,12H2,1-4H3,(H,22,23,24). The summed E-state index contributed by atoms with van der Waals surface area (Å²) in [4.78, 5) is 13.9. The van der Waals surface area contributed by atoms with E-state index in [1.807, 2.05) is 30.5 Å². The van der Waals surface area contributed by atoms with E-state index in [4.69, 9.17) is 0 Å². The van der Waals surface area contributed by atoms with Crippen molar-refractivity contribution in [1.82, 2.24) is 15.0 Å². The fourth-order valence-electron chi connectivity index (χ4n) is 2.63. The van der Waals surface area contributed by atoms with E-state index in [9.17, 15) is 0 Å². The van der Waals surface area contributed by atoms with Gasteiger partial charge in [-0.1, -0.05) is 52.0 Å². The predicted molar refractivity (Wildman–Crippen MR) is 99.3 cm³/mol. The summed E-state index contributed by atoms with van der Waals surface area (Å²) >= 11 is 0. The number of hydrogen-bond donors (Lipinski definition) is 1. The van der Waals surface area contributed by atoms with Gasteiger partial charge < -0.3 is 5.32 Å². The molecule has 4 heteroatoms. The Morgan fingerprint density at radius 3 is 2.50 bits per heavy atom. The van der Waals surface area contributed by atoms with Crippen molar-refractivity contribution in [3.8, 4) is 0 Å². The molecule has 0 aliphatic rings. The second-order valence-electron chi connectivity index (χ2n) is 6.68. The topological polar surface area (TPSA) is 50.7 Å². The van der Waals surface area contributed by atoms with Gasteiger partial charge in [-0.2, -0.15) is 0 Å². The van der Waals surface area contributed by atoms with E-state index in [0.29, 0.717) is 18.4 Å². The molecule has 124 valence electrons. The first kappa shape index (κ1) is 16.4. The molecule has 3 rings (SSSR count). The van der Waals surface area contributed by atoms with Crippen LogP contribution in [0.25, 0.3) is 10.8 Å². The molecular formula is C20H24N4. The van der Waals surface area contributed by atoms with Gasteiger partial charge in [-0.15, -0.1) is 0 Å². The van der Waals surface area contributed by atoms with Crippen LogP contribution in [0, 0.1) is 0 Å². The molecule has 4 nitrogen and oxygen atoms in total. The summed E-state index contributed by atoms with van der Waals surface area (Å²) in [5.74, 6) is 2.43. The van der Waals surface area contributed by atoms with E-state index in [1.165, 1.54) is 10.8 Å². The molecule has 0 aliphatic carbocycles. The zero-order valence-corrected chi connectivity index (χ0v) is 14.7. The molecule has 0 radical (unpaired) electrons. The third-order valence-electron chi connectivity index (χ3n) is 4.06. The SMILES string of the molecule is CC(C)c1cc(NCc2nccc3ccccc23)nc(C(C)C)n1. The van der Waals surface area contributed by atoms with Crippen molar-refractivity contribution in [2.24, 2.45) is 0 Å². The van der Waals surface area contributed by atoms with Crippen molar-refractivity contribution in [1.29, 1.82) is 0 Å². The highest BCUT2D eigenvalue weighted by atomic mass is 15.0. The van der Waals surface area contributed by atoms with Crippen LogP contribution in [-0.4, -0.2) is 15.0 Å². The van der Waals surface area contributed by atoms with Gasteiger partial charge in [0.2, 0.25) is 0 Å². The molecule has 0 saturated carbocycles. The third-order valence-corrected chi connectivity index (χ3v) is 4.06. The first-order valence-electron chi connectivity index (χ1n) is 8.50. The number of rotatable bonds is 5. The quantitative estimate of drug-likeness (QED) is 0.727. The zero-order chi connectivity index (χ0) is 17.1. The predicted octanol–water partition coefficient (Wildman–Crippen LogP) is 4.88. The Kier molecular flexibility index (Phi) is 4.74. The minimum Gasteiger partial charge on any atom is -0.364 e. The number of aromatic nitrogens is 3. The monoisotopic (exact) mass is 320 g/mol. The molecule has 0 unspecified atom stereocenters. The lowest BCUT2D eigenvalue weighted by Crippen LogP contribution is -2.09. The van der Waals surface area contributed by atoms with Crippen LogP contribution in [0.3, 0.4) is 0 Å². The maximum absolute atomic E-state index is 4.67. The zero-order valence-electron chi connectivity index (χ0n) is 14.7. The number of hydrogen-bond acceptors (Lipinski definition) is 4. The van der Waals surface area contributed by atoms with Gasteiger partial charge in [-0.05, 0) is 17.4 Å². The molecule has 0 spiro atoms. The molecule has 0 saturated heterocycles. The van der Waals surface area contributed by atoms with Crippen LogP contribution in [0.4, 0.5) is 5.82 Å². The van der Waals surface area contributed by atoms with Gasteiger partial charge in [0, 0.05) is 29.3 Å². The Labute approximate surface area is 143 Å². The molecule has 1 N–H and O–H groups in total. The Hall–Kier alpha value is -2.49. The normalized spacial score (nSPS) is 11.4. The summed E-state index contributed by atoms with van der Waals surface area (Å²) in [5.41, 5.74) is 2.10. The molecule has 0 amide bonds. The van der Waals surface area contributed by atoms with E-state index in [2.05, 4.69) is 60.1 Å². The molecule has 0 aliphatic heterocycles. The van der Waals surface area contributed by atoms with Gasteiger partial charge in [0.25, 0.3) is 0 Å². The highest BCUT2D eigenvalue weighted by Crippen LogP contribution is 2.21. The smallest absolute Gasteiger partial charge is 0.133 e. The molecule has 0 atom stereocenters. The maximum atomic E-state index is 4.67. The van der Waals surface area contributed by atoms with Crippen molar-refractivity contribution in [2.45, 2.75) is 46.1 Å². The average Bonchev–Trinajstić information content (AvgIpc) is 2.59. The molecule has 0 fully saturated rings. The number of fused-ring (bicyclic) bond motifs is 1. The van der Waals surface area contributed by atoms with Crippen LogP contribution in [0.5, 0.6) is 0 Å². The number of nitrogens with one attached hydrogen (secondary N) is 1. The second-order valence-corrected chi connectivity index (χ2v) is 6.68. The summed E-state index contributed by atoms with van der Waals surface area (Å²) in [6.07, 6.45) is 1.86. The van der Waals surface area contributed by atoms with E-state index < -0.39 is 0 Å². The molecule has 2 heterocycles. The molecule has 1 aromatic carbocycles. The van der Waals surface area contributed by atoms with Crippen LogP contribution in [0.15, 0.2) is 42.6 Å². The summed E-state index contributed by atoms with van der Waals surface area (Å²) in [6.45, 7) is 9.20. The minimum absolute atomic E-state index is 0.305. The van der Waals surface area contributed by atoms with Crippen LogP contribution in [0.1, 0.15) is 56.7 Å². The van der Waals surface area contributed by atoms with Crippen molar-refractivity contribution in [3.05, 3.63) is 59.8 Å². The van der Waals surface area contributed by atoms with Gasteiger partial charge >= 0.3 is 0 Å². The van der Waals surface area contributed by atoms with Gasteiger partial charge in [-0.3, -0.25) is 4.98 Å². The maximum Gasteiger partial charge on any atom is 0.133 e. The molecule has 3 aromatic rings. The minimum atomic E-state index is 0.305. The summed E-state index contributed by atoms with van der Waals surface area (Å²) in [6, 6.07) is 12.4. The third kappa shape index (κ3) is 3.53. The second kappa shape index (κ2) is 6.95. The Bertz CT molecular complexity index is 808. The first-order valence-corrected chi connectivity index (χ1v) is 8.50. The van der Waals surface area contributed by atoms with E-state index in [-0.39, 0.29) is 0 Å². The largest absolute Gasteiger partial charge is 0.364 e. The number of benzene rings is 1. The number of pyridine rings is 1. The molecule has 24 heavy (non-hydrogen) atoms. The van der Waals surface area contributed by atoms with E-state index in [0.717, 1.165) is 23.0 Å². The fourth-order valence-corrected chi connectivity index (χ4v) is 2.63. The molecule has 0 bridgehead atoms. The Morgan fingerprint density at radius 2 is 1.75 bits per heavy atom. The van der Waals surface area contributed by atoms with E-state index in [1.54, 1.807) is 0 Å². The number of nitrogens with zero attached hydrogens (tertiary/aromatic N) is 3. The highest BCUT2D eigenvalue weighted by Gasteiger charge is 2.11. The van der Waals surface area contributed by atoms with Crippen molar-refractivity contribution < 1.29 is 0 Å². The lowest BCUT2D eigenvalue weighted by molar-refractivity contribution is 0.730. The van der Waals surface area contributed by atoms with Gasteiger partial charge in [-0.25, -0.2) is 9.97 Å². The highest BCUT2D eigenvalue weighted by molar-refractivity contribution is 5.84. The summed E-state index contributed by atoms with van der Waals surface area (Å²) in [7, 11) is 0. The Morgan fingerprint density at radius 1 is 0.958 bits per heavy atom. The molecule has 2 aromatic heterocycles. The van der Waals surface area contributed by atoms with Crippen molar-refractivity contribution >= 4 is 16.6 Å². The van der Waals surface area contributed by atoms with E-state index >= 15 is 0 Å². The Balaban J connectivity index is 1.88. The first-order chi connectivity index (χ1) is 11.5. The lowest BCUT2D eigenvalue weighted by atomic mass is 10.1. The molecular weight excluding hydrogens is 296 g/mol. The van der Waals surface area contributed by atoms with Crippen LogP contribution in [0.2, 0.25) is 0 Å². The van der Waals surface area contributed by atoms with Gasteiger partial charge in [0.05, 0.1) is 12.2 Å². The summed E-state index contributed by atoms with van der Waals surface area (Å²) in [5, 5.41) is 5.81. The van der Waals surface area contributed by atoms with Crippen molar-refractivity contribution in [2.75, 3.05) is 5.32 Å².